The van der Waals surface area contributed by atoms with E-state index in [0.29, 0.717) is 25.9 Å². The van der Waals surface area contributed by atoms with Crippen LogP contribution in [0.2, 0.25) is 5.02 Å². The molecule has 0 aromatic heterocycles. The summed E-state index contributed by atoms with van der Waals surface area (Å²) in [5.74, 6) is -1.28. The van der Waals surface area contributed by atoms with Crippen LogP contribution in [0.5, 0.6) is 0 Å². The van der Waals surface area contributed by atoms with E-state index in [4.69, 9.17) is 32.4 Å². The van der Waals surface area contributed by atoms with Crippen LogP contribution in [0.1, 0.15) is 28.1 Å². The molecule has 6 heteroatoms. The Morgan fingerprint density at radius 2 is 1.70 bits per heavy atom. The summed E-state index contributed by atoms with van der Waals surface area (Å²) in [6.07, 6.45) is 0. The lowest BCUT2D eigenvalue weighted by molar-refractivity contribution is -0.142. The minimum Gasteiger partial charge on any atom is -0.480 e. The van der Waals surface area contributed by atoms with E-state index in [9.17, 15) is 4.79 Å². The zero-order valence-electron chi connectivity index (χ0n) is 22.4. The highest BCUT2D eigenvalue weighted by atomic mass is 35.5. The van der Waals surface area contributed by atoms with E-state index in [0.717, 1.165) is 0 Å². The lowest BCUT2D eigenvalue weighted by atomic mass is 9.96. The Morgan fingerprint density at radius 3 is 2.33 bits per heavy atom. The number of rotatable bonds is 8. The van der Waals surface area contributed by atoms with E-state index < -0.39 is 57.8 Å². The van der Waals surface area contributed by atoms with E-state index in [1.54, 1.807) is 42.5 Å². The minimum absolute atomic E-state index is 0.387. The number of carboxylic acid groups (broad SMARTS) is 1. The highest BCUT2D eigenvalue weighted by Crippen LogP contribution is 2.30. The summed E-state index contributed by atoms with van der Waals surface area (Å²) in [7, 11) is 0. The fourth-order valence-corrected chi connectivity index (χ4v) is 2.74. The average Bonchev–Trinajstić information content (AvgIpc) is 2.76. The SMILES string of the molecule is [2H]C1([2H])N(CCOCC(=O)O)C([2H])([2H])C([2H])([2H])N([C@H](c2ccccc2)c2ccc(Cl)cc2)C1([2H])[2H]. The number of hydrogen-bond acceptors (Lipinski definition) is 4. The molecule has 1 heterocycles. The molecule has 1 aliphatic rings. The molecule has 1 fully saturated rings. The van der Waals surface area contributed by atoms with Crippen LogP contribution in [-0.2, 0) is 9.53 Å². The lowest BCUT2D eigenvalue weighted by Crippen LogP contribution is -2.48. The molecule has 0 unspecified atom stereocenters. The summed E-state index contributed by atoms with van der Waals surface area (Å²) in [5.41, 5.74) is 0.811. The molecule has 5 nitrogen and oxygen atoms in total. The van der Waals surface area contributed by atoms with Crippen LogP contribution < -0.4 is 0 Å². The van der Waals surface area contributed by atoms with Crippen molar-refractivity contribution in [2.24, 2.45) is 0 Å². The Hall–Kier alpha value is -1.92. The van der Waals surface area contributed by atoms with E-state index in [2.05, 4.69) is 0 Å². The van der Waals surface area contributed by atoms with Crippen molar-refractivity contribution in [1.29, 1.82) is 0 Å². The summed E-state index contributed by atoms with van der Waals surface area (Å²) in [6, 6.07) is 13.3. The Balaban J connectivity index is 2.15. The van der Waals surface area contributed by atoms with Crippen LogP contribution >= 0.6 is 11.6 Å². The number of carbonyl (C=O) groups is 1. The molecule has 0 radical (unpaired) electrons. The number of halogens is 1. The maximum absolute atomic E-state index is 10.7. The van der Waals surface area contributed by atoms with Crippen LogP contribution in [0.15, 0.2) is 54.6 Å². The predicted octanol–water partition coefficient (Wildman–Crippen LogP) is 3.15. The third kappa shape index (κ3) is 5.78. The highest BCUT2D eigenvalue weighted by molar-refractivity contribution is 6.30. The monoisotopic (exact) mass is 396 g/mol. The molecule has 1 saturated heterocycles. The molecule has 144 valence electrons. The van der Waals surface area contributed by atoms with Crippen molar-refractivity contribution >= 4 is 17.6 Å². The molecule has 1 aliphatic heterocycles. The molecule has 0 saturated carbocycles. The highest BCUT2D eigenvalue weighted by Gasteiger charge is 2.26. The number of piperazine rings is 1. The van der Waals surface area contributed by atoms with Gasteiger partial charge in [0.1, 0.15) is 6.61 Å². The molecule has 1 atom stereocenters. The summed E-state index contributed by atoms with van der Waals surface area (Å²) in [5, 5.41) is 9.12. The number of carboxylic acids is 1. The Morgan fingerprint density at radius 1 is 1.07 bits per heavy atom. The molecule has 0 aliphatic carbocycles. The average molecular weight is 397 g/mol. The largest absolute Gasteiger partial charge is 0.480 e. The number of hydrogen-bond donors (Lipinski definition) is 1. The van der Waals surface area contributed by atoms with Crippen molar-refractivity contribution in [2.45, 2.75) is 6.04 Å². The van der Waals surface area contributed by atoms with E-state index in [1.165, 1.54) is 12.1 Å². The van der Waals surface area contributed by atoms with E-state index in [-0.39, 0.29) is 0 Å². The van der Waals surface area contributed by atoms with Crippen molar-refractivity contribution in [3.8, 4) is 0 Å². The van der Waals surface area contributed by atoms with Crippen LogP contribution in [0, 0.1) is 0 Å². The predicted molar refractivity (Wildman–Crippen MR) is 106 cm³/mol. The molecule has 2 aromatic rings. The number of ether oxygens (including phenoxy) is 1. The summed E-state index contributed by atoms with van der Waals surface area (Å²) < 4.78 is 74.4. The molecule has 27 heavy (non-hydrogen) atoms. The first-order valence-corrected chi connectivity index (χ1v) is 8.70. The number of nitrogens with zero attached hydrogens (tertiary/aromatic N) is 2. The molecule has 3 rings (SSSR count). The van der Waals surface area contributed by atoms with E-state index in [1.807, 2.05) is 0 Å². The van der Waals surface area contributed by atoms with Crippen molar-refractivity contribution in [3.63, 3.8) is 0 Å². The Bertz CT molecular complexity index is 1010. The fourth-order valence-electron chi connectivity index (χ4n) is 2.61. The van der Waals surface area contributed by atoms with Gasteiger partial charge in [0.25, 0.3) is 0 Å². The maximum atomic E-state index is 10.7. The van der Waals surface area contributed by atoms with Gasteiger partial charge in [0.15, 0.2) is 0 Å². The smallest absolute Gasteiger partial charge is 0.329 e. The second-order valence-electron chi connectivity index (χ2n) is 5.78. The van der Waals surface area contributed by atoms with Crippen molar-refractivity contribution in [3.05, 3.63) is 70.7 Å². The first-order valence-electron chi connectivity index (χ1n) is 12.3. The lowest BCUT2D eigenvalue weighted by Gasteiger charge is -2.39. The maximum Gasteiger partial charge on any atom is 0.329 e. The van der Waals surface area contributed by atoms with Crippen LogP contribution in [0.4, 0.5) is 0 Å². The molecular formula is C21H25ClN2O3. The molecular weight excluding hydrogens is 364 g/mol. The summed E-state index contributed by atoms with van der Waals surface area (Å²) >= 11 is 6.01. The van der Waals surface area contributed by atoms with Gasteiger partial charge in [-0.3, -0.25) is 9.80 Å². The van der Waals surface area contributed by atoms with Crippen molar-refractivity contribution in [1.82, 2.24) is 9.80 Å². The fraction of sp³-hybridized carbons (Fsp3) is 0.381. The van der Waals surface area contributed by atoms with Crippen molar-refractivity contribution < 1.29 is 25.6 Å². The van der Waals surface area contributed by atoms with Gasteiger partial charge in [-0.05, 0) is 23.3 Å². The van der Waals surface area contributed by atoms with Gasteiger partial charge < -0.3 is 9.84 Å². The van der Waals surface area contributed by atoms with Gasteiger partial charge in [0.05, 0.1) is 12.6 Å². The number of benzene rings is 2. The molecule has 0 amide bonds. The molecule has 0 spiro atoms. The second-order valence-corrected chi connectivity index (χ2v) is 6.22. The molecule has 0 bridgehead atoms. The zero-order valence-corrected chi connectivity index (χ0v) is 15.2. The van der Waals surface area contributed by atoms with Crippen LogP contribution in [0.25, 0.3) is 0 Å². The molecule has 2 aromatic carbocycles. The first kappa shape index (κ1) is 11.8. The van der Waals surface area contributed by atoms with Gasteiger partial charge in [-0.15, -0.1) is 0 Å². The summed E-state index contributed by atoms with van der Waals surface area (Å²) in [6.45, 7) is -14.0. The van der Waals surface area contributed by atoms with Crippen LogP contribution in [-0.4, -0.2) is 66.6 Å². The first-order chi connectivity index (χ1) is 16.2. The van der Waals surface area contributed by atoms with E-state index >= 15 is 0 Å². The zero-order chi connectivity index (χ0) is 26.2. The second kappa shape index (κ2) is 9.85. The summed E-state index contributed by atoms with van der Waals surface area (Å²) in [4.78, 5) is 11.7. The third-order valence-electron chi connectivity index (χ3n) is 3.85. The van der Waals surface area contributed by atoms with Gasteiger partial charge in [-0.1, -0.05) is 54.1 Å². The van der Waals surface area contributed by atoms with Gasteiger partial charge >= 0.3 is 5.97 Å². The van der Waals surface area contributed by atoms with Gasteiger partial charge in [0, 0.05) is 48.5 Å². The minimum atomic E-state index is -3.06. The molecule has 1 N–H and O–H groups in total. The topological polar surface area (TPSA) is 53.0 Å². The van der Waals surface area contributed by atoms with Gasteiger partial charge in [0.2, 0.25) is 0 Å². The van der Waals surface area contributed by atoms with Crippen molar-refractivity contribution in [2.75, 3.05) is 45.7 Å². The van der Waals surface area contributed by atoms with Crippen LogP contribution in [0.3, 0.4) is 0 Å². The Kier molecular flexibility index (Phi) is 4.31. The number of aliphatic carboxylic acids is 1. The normalized spacial score (nSPS) is 28.8. The Labute approximate surface area is 176 Å². The van der Waals surface area contributed by atoms with Gasteiger partial charge in [-0.25, -0.2) is 4.79 Å². The van der Waals surface area contributed by atoms with Gasteiger partial charge in [-0.2, -0.15) is 0 Å². The third-order valence-corrected chi connectivity index (χ3v) is 4.11. The standard InChI is InChI=1S/C21H25ClN2O3/c22-19-8-6-18(7-9-19)21(17-4-2-1-3-5-17)24-12-10-23(11-13-24)14-15-27-16-20(25)26/h1-9,21H,10-16H2,(H,25,26)/t21-/m1/s1/i10D2,11D2,12D2,13D2. The quantitative estimate of drug-likeness (QED) is 0.694.